The number of aromatic nitrogens is 1. The third-order valence-electron chi connectivity index (χ3n) is 5.58. The molecule has 0 spiro atoms. The van der Waals surface area contributed by atoms with Crippen LogP contribution in [0.5, 0.6) is 0 Å². The van der Waals surface area contributed by atoms with Crippen LogP contribution in [0.2, 0.25) is 0 Å². The highest BCUT2D eigenvalue weighted by molar-refractivity contribution is 6.22. The summed E-state index contributed by atoms with van der Waals surface area (Å²) in [5.41, 5.74) is 1.75. The van der Waals surface area contributed by atoms with Crippen molar-refractivity contribution in [3.8, 4) is 0 Å². The maximum atomic E-state index is 13.1. The number of amides is 3. The number of fused-ring (bicyclic) bond motifs is 1. The zero-order chi connectivity index (χ0) is 20.4. The van der Waals surface area contributed by atoms with E-state index in [9.17, 15) is 14.4 Å². The Morgan fingerprint density at radius 2 is 1.66 bits per heavy atom. The minimum absolute atomic E-state index is 0.181. The quantitative estimate of drug-likeness (QED) is 0.742. The predicted octanol–water partition coefficient (Wildman–Crippen LogP) is 1.80. The molecule has 7 heteroatoms. The summed E-state index contributed by atoms with van der Waals surface area (Å²) < 4.78 is 0. The molecule has 29 heavy (non-hydrogen) atoms. The van der Waals surface area contributed by atoms with Crippen LogP contribution in [0.4, 0.5) is 0 Å². The molecule has 1 aromatic heterocycles. The number of imide groups is 1. The van der Waals surface area contributed by atoms with Gasteiger partial charge in [-0.05, 0) is 37.6 Å². The van der Waals surface area contributed by atoms with Gasteiger partial charge in [0.25, 0.3) is 11.8 Å². The summed E-state index contributed by atoms with van der Waals surface area (Å²) in [4.78, 5) is 48.0. The first-order valence-corrected chi connectivity index (χ1v) is 9.94. The van der Waals surface area contributed by atoms with E-state index < -0.39 is 17.9 Å². The van der Waals surface area contributed by atoms with Gasteiger partial charge in [-0.25, -0.2) is 0 Å². The van der Waals surface area contributed by atoms with Crippen molar-refractivity contribution in [2.24, 2.45) is 0 Å². The van der Waals surface area contributed by atoms with Crippen LogP contribution in [0.3, 0.4) is 0 Å². The van der Waals surface area contributed by atoms with Crippen LogP contribution in [0.1, 0.15) is 39.8 Å². The number of hydrogen-bond acceptors (Lipinski definition) is 5. The second kappa shape index (κ2) is 8.13. The van der Waals surface area contributed by atoms with Gasteiger partial charge in [-0.2, -0.15) is 0 Å². The molecule has 1 fully saturated rings. The summed E-state index contributed by atoms with van der Waals surface area (Å²) in [5, 5.41) is 0. The van der Waals surface area contributed by atoms with E-state index in [1.807, 2.05) is 18.2 Å². The fourth-order valence-electron chi connectivity index (χ4n) is 4.00. The molecule has 0 radical (unpaired) electrons. The largest absolute Gasteiger partial charge is 0.340 e. The molecule has 0 saturated carbocycles. The molecule has 3 heterocycles. The molecule has 1 saturated heterocycles. The van der Waals surface area contributed by atoms with Crippen molar-refractivity contribution >= 4 is 17.7 Å². The Kier molecular flexibility index (Phi) is 5.40. The molecule has 1 aromatic carbocycles. The molecule has 1 atom stereocenters. The zero-order valence-corrected chi connectivity index (χ0v) is 16.5. The van der Waals surface area contributed by atoms with E-state index >= 15 is 0 Å². The van der Waals surface area contributed by atoms with Crippen molar-refractivity contribution in [2.75, 3.05) is 26.2 Å². The third-order valence-corrected chi connectivity index (χ3v) is 5.58. The summed E-state index contributed by atoms with van der Waals surface area (Å²) in [5.74, 6) is -0.963. The van der Waals surface area contributed by atoms with Crippen LogP contribution in [0.15, 0.2) is 48.7 Å². The highest BCUT2D eigenvalue weighted by atomic mass is 16.2. The zero-order valence-electron chi connectivity index (χ0n) is 16.5. The van der Waals surface area contributed by atoms with Gasteiger partial charge in [0.05, 0.1) is 16.8 Å². The second-order valence-electron chi connectivity index (χ2n) is 7.48. The summed E-state index contributed by atoms with van der Waals surface area (Å²) >= 11 is 0. The fraction of sp³-hybridized carbons (Fsp3) is 0.364. The molecule has 2 aliphatic rings. The molecule has 0 N–H and O–H groups in total. The fourth-order valence-corrected chi connectivity index (χ4v) is 4.00. The van der Waals surface area contributed by atoms with E-state index in [1.54, 1.807) is 42.3 Å². The van der Waals surface area contributed by atoms with E-state index in [0.717, 1.165) is 36.6 Å². The average Bonchev–Trinajstić information content (AvgIpc) is 2.89. The van der Waals surface area contributed by atoms with Crippen LogP contribution >= 0.6 is 0 Å². The minimum atomic E-state index is -0.815. The smallest absolute Gasteiger partial charge is 0.262 e. The Bertz CT molecular complexity index is 896. The lowest BCUT2D eigenvalue weighted by Gasteiger charge is -2.28. The topological polar surface area (TPSA) is 73.8 Å². The Morgan fingerprint density at radius 3 is 2.31 bits per heavy atom. The second-order valence-corrected chi connectivity index (χ2v) is 7.48. The van der Waals surface area contributed by atoms with Gasteiger partial charge >= 0.3 is 0 Å². The summed E-state index contributed by atoms with van der Waals surface area (Å²) in [7, 11) is 0. The molecular weight excluding hydrogens is 368 g/mol. The minimum Gasteiger partial charge on any atom is -0.340 e. The van der Waals surface area contributed by atoms with Crippen LogP contribution in [-0.4, -0.2) is 69.6 Å². The Labute approximate surface area is 169 Å². The molecule has 3 amide bonds. The number of benzene rings is 1. The van der Waals surface area contributed by atoms with Crippen LogP contribution in [-0.2, 0) is 11.3 Å². The normalized spacial score (nSPS) is 18.5. The summed E-state index contributed by atoms with van der Waals surface area (Å²) in [6.07, 6.45) is 2.63. The van der Waals surface area contributed by atoms with E-state index in [2.05, 4.69) is 9.88 Å². The molecule has 150 valence electrons. The maximum absolute atomic E-state index is 13.1. The van der Waals surface area contributed by atoms with E-state index in [1.165, 1.54) is 0 Å². The average molecular weight is 392 g/mol. The molecule has 2 aromatic rings. The first-order valence-electron chi connectivity index (χ1n) is 9.94. The van der Waals surface area contributed by atoms with Crippen LogP contribution in [0, 0.1) is 0 Å². The van der Waals surface area contributed by atoms with Gasteiger partial charge in [-0.15, -0.1) is 0 Å². The number of nitrogens with zero attached hydrogens (tertiary/aromatic N) is 4. The van der Waals surface area contributed by atoms with Gasteiger partial charge in [-0.1, -0.05) is 18.2 Å². The van der Waals surface area contributed by atoms with Crippen molar-refractivity contribution in [2.45, 2.75) is 25.9 Å². The van der Waals surface area contributed by atoms with Crippen molar-refractivity contribution in [1.82, 2.24) is 19.7 Å². The number of hydrogen-bond donors (Lipinski definition) is 0. The number of pyridine rings is 1. The standard InChI is InChI=1S/C22H24N4O3/c1-16(26-21(28)18-8-2-3-9-19(18)22(26)29)20(27)25-12-6-11-24(13-14-25)15-17-7-4-5-10-23-17/h2-5,7-10,16H,6,11-15H2,1H3. The lowest BCUT2D eigenvalue weighted by atomic mass is 10.1. The van der Waals surface area contributed by atoms with Gasteiger partial charge in [0.15, 0.2) is 0 Å². The predicted molar refractivity (Wildman–Crippen MR) is 107 cm³/mol. The third kappa shape index (κ3) is 3.78. The molecule has 4 rings (SSSR count). The summed E-state index contributed by atoms with van der Waals surface area (Å²) in [6.45, 7) is 5.18. The Balaban J connectivity index is 1.41. The van der Waals surface area contributed by atoms with Gasteiger partial charge in [-0.3, -0.25) is 29.2 Å². The maximum Gasteiger partial charge on any atom is 0.262 e. The number of carbonyl (C=O) groups is 3. The molecule has 1 unspecified atom stereocenters. The molecule has 2 aliphatic heterocycles. The van der Waals surface area contributed by atoms with Crippen molar-refractivity contribution in [1.29, 1.82) is 0 Å². The van der Waals surface area contributed by atoms with Crippen LogP contribution in [0.25, 0.3) is 0 Å². The monoisotopic (exact) mass is 392 g/mol. The van der Waals surface area contributed by atoms with Gasteiger partial charge in [0.2, 0.25) is 5.91 Å². The molecule has 0 bridgehead atoms. The molecule has 7 nitrogen and oxygen atoms in total. The lowest BCUT2D eigenvalue weighted by Crippen LogP contribution is -2.50. The van der Waals surface area contributed by atoms with Crippen molar-refractivity contribution in [3.63, 3.8) is 0 Å². The van der Waals surface area contributed by atoms with Gasteiger partial charge in [0, 0.05) is 38.9 Å². The van der Waals surface area contributed by atoms with Crippen LogP contribution < -0.4 is 0 Å². The van der Waals surface area contributed by atoms with E-state index in [-0.39, 0.29) is 5.91 Å². The van der Waals surface area contributed by atoms with E-state index in [4.69, 9.17) is 0 Å². The molecular formula is C22H24N4O3. The highest BCUT2D eigenvalue weighted by Gasteiger charge is 2.41. The van der Waals surface area contributed by atoms with Gasteiger partial charge in [0.1, 0.15) is 6.04 Å². The Hall–Kier alpha value is -3.06. The highest BCUT2D eigenvalue weighted by Crippen LogP contribution is 2.25. The first kappa shape index (κ1) is 19.3. The van der Waals surface area contributed by atoms with Crippen molar-refractivity contribution in [3.05, 3.63) is 65.5 Å². The number of rotatable bonds is 4. The van der Waals surface area contributed by atoms with E-state index in [0.29, 0.717) is 24.2 Å². The lowest BCUT2D eigenvalue weighted by molar-refractivity contribution is -0.134. The first-order chi connectivity index (χ1) is 14.1. The van der Waals surface area contributed by atoms with Crippen molar-refractivity contribution < 1.29 is 14.4 Å². The van der Waals surface area contributed by atoms with Gasteiger partial charge < -0.3 is 4.90 Å². The number of carbonyl (C=O) groups excluding carboxylic acids is 3. The Morgan fingerprint density at radius 1 is 0.966 bits per heavy atom. The SMILES string of the molecule is CC(C(=O)N1CCCN(Cc2ccccn2)CC1)N1C(=O)c2ccccc2C1=O. The summed E-state index contributed by atoms with van der Waals surface area (Å²) in [6, 6.07) is 11.8. The molecule has 0 aliphatic carbocycles.